The Morgan fingerprint density at radius 3 is 2.54 bits per heavy atom. The third kappa shape index (κ3) is 2.96. The number of aromatic nitrogens is 2. The van der Waals surface area contributed by atoms with Gasteiger partial charge in [0.25, 0.3) is 5.92 Å². The van der Waals surface area contributed by atoms with Crippen LogP contribution in [0.2, 0.25) is 0 Å². The van der Waals surface area contributed by atoms with E-state index in [4.69, 9.17) is 4.98 Å². The Hall–Kier alpha value is -1.54. The molecule has 4 atom stereocenters. The van der Waals surface area contributed by atoms with Crippen molar-refractivity contribution in [1.82, 2.24) is 9.97 Å². The van der Waals surface area contributed by atoms with Crippen molar-refractivity contribution in [3.05, 3.63) is 11.3 Å². The normalized spacial score (nSPS) is 33.4. The number of rotatable bonds is 4. The Labute approximate surface area is 163 Å². The minimum Gasteiger partial charge on any atom is -0.368 e. The standard InChI is InChI=1S/C20H28F2N4O2/c1-11-5-7-26(11)19-23-17-12(4-2-3-6-20(17,21)22)18(24-19)25-9-14-13(8-16(27)28)15(14)10-25/h11,13-16,27-28H,2-10H2,1H3/t11-,13?,14-,15+/m0/s1. The highest BCUT2D eigenvalue weighted by Crippen LogP contribution is 2.55. The summed E-state index contributed by atoms with van der Waals surface area (Å²) < 4.78 is 29.8. The fraction of sp³-hybridized carbons (Fsp3) is 0.800. The Balaban J connectivity index is 1.48. The van der Waals surface area contributed by atoms with Gasteiger partial charge in [0.15, 0.2) is 6.29 Å². The molecule has 5 rings (SSSR count). The molecule has 2 aliphatic heterocycles. The van der Waals surface area contributed by atoms with Gasteiger partial charge >= 0.3 is 0 Å². The molecular weight excluding hydrogens is 366 g/mol. The number of hydrogen-bond donors (Lipinski definition) is 2. The molecule has 154 valence electrons. The van der Waals surface area contributed by atoms with Gasteiger partial charge in [0, 0.05) is 44.1 Å². The van der Waals surface area contributed by atoms with E-state index in [0.29, 0.717) is 54.3 Å². The van der Waals surface area contributed by atoms with Gasteiger partial charge in [0.05, 0.1) is 0 Å². The van der Waals surface area contributed by atoms with E-state index in [1.54, 1.807) is 0 Å². The lowest BCUT2D eigenvalue weighted by atomic mass is 10.0. The quantitative estimate of drug-likeness (QED) is 0.603. The lowest BCUT2D eigenvalue weighted by Gasteiger charge is -2.39. The highest BCUT2D eigenvalue weighted by Gasteiger charge is 2.56. The summed E-state index contributed by atoms with van der Waals surface area (Å²) in [5, 5.41) is 18.5. The first-order valence-electron chi connectivity index (χ1n) is 10.5. The Morgan fingerprint density at radius 1 is 1.18 bits per heavy atom. The number of piperidine rings is 1. The molecule has 1 saturated carbocycles. The highest BCUT2D eigenvalue weighted by molar-refractivity contribution is 5.57. The van der Waals surface area contributed by atoms with E-state index >= 15 is 0 Å². The van der Waals surface area contributed by atoms with Crippen molar-refractivity contribution in [2.75, 3.05) is 29.4 Å². The second-order valence-corrected chi connectivity index (χ2v) is 9.03. The largest absolute Gasteiger partial charge is 0.368 e. The first kappa shape index (κ1) is 18.5. The molecule has 3 fully saturated rings. The zero-order chi connectivity index (χ0) is 19.6. The summed E-state index contributed by atoms with van der Waals surface area (Å²) in [6.07, 6.45) is 1.86. The average Bonchev–Trinajstić information content (AvgIpc) is 3.10. The molecule has 0 radical (unpaired) electrons. The van der Waals surface area contributed by atoms with Crippen LogP contribution in [0.1, 0.15) is 50.3 Å². The summed E-state index contributed by atoms with van der Waals surface area (Å²) in [5.41, 5.74) is 0.562. The van der Waals surface area contributed by atoms with E-state index in [1.165, 1.54) is 0 Å². The van der Waals surface area contributed by atoms with Crippen LogP contribution in [0.4, 0.5) is 20.5 Å². The van der Waals surface area contributed by atoms with Crippen molar-refractivity contribution in [1.29, 1.82) is 0 Å². The molecule has 1 unspecified atom stereocenters. The molecule has 0 aromatic carbocycles. The maximum absolute atomic E-state index is 14.9. The van der Waals surface area contributed by atoms with Gasteiger partial charge in [0.1, 0.15) is 11.5 Å². The molecule has 0 amide bonds. The van der Waals surface area contributed by atoms with E-state index in [2.05, 4.69) is 16.8 Å². The van der Waals surface area contributed by atoms with Crippen LogP contribution >= 0.6 is 0 Å². The SMILES string of the molecule is C[C@H]1CCN1c1nc(N2C[C@@H]3C(CC(O)O)[C@@H]3C2)c2c(n1)C(F)(F)CCCC2. The zero-order valence-electron chi connectivity index (χ0n) is 16.2. The molecule has 28 heavy (non-hydrogen) atoms. The summed E-state index contributed by atoms with van der Waals surface area (Å²) in [5.74, 6) is -0.630. The molecule has 0 spiro atoms. The van der Waals surface area contributed by atoms with Gasteiger partial charge < -0.3 is 20.0 Å². The third-order valence-corrected chi connectivity index (χ3v) is 7.22. The number of hydrogen-bond acceptors (Lipinski definition) is 6. The second kappa shape index (κ2) is 6.49. The molecule has 6 nitrogen and oxygen atoms in total. The van der Waals surface area contributed by atoms with Crippen molar-refractivity contribution in [2.24, 2.45) is 17.8 Å². The van der Waals surface area contributed by atoms with E-state index in [1.807, 2.05) is 4.90 Å². The van der Waals surface area contributed by atoms with Gasteiger partial charge in [-0.25, -0.2) is 4.98 Å². The lowest BCUT2D eigenvalue weighted by Crippen LogP contribution is -2.47. The average molecular weight is 394 g/mol. The van der Waals surface area contributed by atoms with Crippen LogP contribution in [0.25, 0.3) is 0 Å². The van der Waals surface area contributed by atoms with E-state index in [9.17, 15) is 19.0 Å². The Morgan fingerprint density at radius 2 is 1.93 bits per heavy atom. The van der Waals surface area contributed by atoms with Crippen LogP contribution < -0.4 is 9.80 Å². The topological polar surface area (TPSA) is 72.7 Å². The monoisotopic (exact) mass is 394 g/mol. The molecule has 3 heterocycles. The van der Waals surface area contributed by atoms with Crippen LogP contribution in [0.3, 0.4) is 0 Å². The Bertz CT molecular complexity index is 763. The number of fused-ring (bicyclic) bond motifs is 2. The zero-order valence-corrected chi connectivity index (χ0v) is 16.2. The molecule has 2 aliphatic carbocycles. The minimum atomic E-state index is -2.90. The number of aliphatic hydroxyl groups is 2. The van der Waals surface area contributed by atoms with Crippen molar-refractivity contribution >= 4 is 11.8 Å². The molecular formula is C20H28F2N4O2. The highest BCUT2D eigenvalue weighted by atomic mass is 19.3. The minimum absolute atomic E-state index is 0.0630. The van der Waals surface area contributed by atoms with Crippen LogP contribution in [0.15, 0.2) is 0 Å². The number of alkyl halides is 2. The number of aliphatic hydroxyl groups excluding tert-OH is 1. The van der Waals surface area contributed by atoms with Crippen molar-refractivity contribution in [3.8, 4) is 0 Å². The number of nitrogens with zero attached hydrogens (tertiary/aromatic N) is 4. The van der Waals surface area contributed by atoms with Crippen LogP contribution in [-0.4, -0.2) is 52.1 Å². The van der Waals surface area contributed by atoms with Crippen LogP contribution in [0.5, 0.6) is 0 Å². The van der Waals surface area contributed by atoms with Gasteiger partial charge in [-0.1, -0.05) is 0 Å². The first-order valence-corrected chi connectivity index (χ1v) is 10.5. The van der Waals surface area contributed by atoms with Gasteiger partial charge in [-0.2, -0.15) is 13.8 Å². The van der Waals surface area contributed by atoms with E-state index in [-0.39, 0.29) is 18.2 Å². The lowest BCUT2D eigenvalue weighted by molar-refractivity contribution is -0.0507. The van der Waals surface area contributed by atoms with Gasteiger partial charge in [0.2, 0.25) is 5.95 Å². The van der Waals surface area contributed by atoms with Gasteiger partial charge in [-0.05, 0) is 50.4 Å². The van der Waals surface area contributed by atoms with Gasteiger partial charge in [-0.15, -0.1) is 0 Å². The summed E-state index contributed by atoms with van der Waals surface area (Å²) in [6.45, 7) is 4.40. The fourth-order valence-electron chi connectivity index (χ4n) is 5.38. The molecule has 2 saturated heterocycles. The second-order valence-electron chi connectivity index (χ2n) is 9.03. The first-order chi connectivity index (χ1) is 13.3. The molecule has 1 aromatic heterocycles. The van der Waals surface area contributed by atoms with Crippen molar-refractivity contribution < 1.29 is 19.0 Å². The Kier molecular flexibility index (Phi) is 4.28. The predicted octanol–water partition coefficient (Wildman–Crippen LogP) is 2.28. The number of anilines is 2. The van der Waals surface area contributed by atoms with Crippen molar-refractivity contribution in [3.63, 3.8) is 0 Å². The third-order valence-electron chi connectivity index (χ3n) is 7.22. The molecule has 8 heteroatoms. The number of halogens is 2. The molecule has 4 aliphatic rings. The maximum atomic E-state index is 14.9. The molecule has 1 aromatic rings. The van der Waals surface area contributed by atoms with E-state index < -0.39 is 12.2 Å². The van der Waals surface area contributed by atoms with Gasteiger partial charge in [-0.3, -0.25) is 0 Å². The molecule has 2 N–H and O–H groups in total. The van der Waals surface area contributed by atoms with Crippen LogP contribution in [0, 0.1) is 17.8 Å². The summed E-state index contributed by atoms with van der Waals surface area (Å²) in [4.78, 5) is 13.3. The molecule has 0 bridgehead atoms. The summed E-state index contributed by atoms with van der Waals surface area (Å²) in [7, 11) is 0. The maximum Gasteiger partial charge on any atom is 0.290 e. The summed E-state index contributed by atoms with van der Waals surface area (Å²) >= 11 is 0. The fourth-order valence-corrected chi connectivity index (χ4v) is 5.38. The van der Waals surface area contributed by atoms with Crippen LogP contribution in [-0.2, 0) is 12.3 Å². The smallest absolute Gasteiger partial charge is 0.290 e. The van der Waals surface area contributed by atoms with Crippen molar-refractivity contribution in [2.45, 2.75) is 63.7 Å². The predicted molar refractivity (Wildman–Crippen MR) is 100 cm³/mol. The van der Waals surface area contributed by atoms with E-state index in [0.717, 1.165) is 32.5 Å². The summed E-state index contributed by atoms with van der Waals surface area (Å²) in [6, 6.07) is 0.285.